The van der Waals surface area contributed by atoms with E-state index in [0.29, 0.717) is 32.5 Å². The maximum Gasteiger partial charge on any atom is 0.336 e. The van der Waals surface area contributed by atoms with Gasteiger partial charge in [-0.1, -0.05) is 71.9 Å². The molecule has 204 valence electrons. The fourth-order valence-electron chi connectivity index (χ4n) is 4.37. The molecule has 1 amide bonds. The number of carbonyl (C=O) groups is 2. The first-order valence-electron chi connectivity index (χ1n) is 12.5. The van der Waals surface area contributed by atoms with Crippen molar-refractivity contribution in [3.63, 3.8) is 0 Å². The zero-order valence-electron chi connectivity index (χ0n) is 22.1. The van der Waals surface area contributed by atoms with E-state index in [4.69, 9.17) is 21.1 Å². The van der Waals surface area contributed by atoms with Crippen molar-refractivity contribution in [2.24, 2.45) is 0 Å². The molecular weight excluding hydrogens is 546 g/mol. The molecule has 1 aliphatic heterocycles. The van der Waals surface area contributed by atoms with E-state index in [1.165, 1.54) is 18.9 Å². The summed E-state index contributed by atoms with van der Waals surface area (Å²) in [6.07, 6.45) is 0. The van der Waals surface area contributed by atoms with Crippen molar-refractivity contribution in [3.8, 4) is 6.07 Å². The summed E-state index contributed by atoms with van der Waals surface area (Å²) < 4.78 is 10.4. The smallest absolute Gasteiger partial charge is 0.336 e. The minimum atomic E-state index is -0.699. The number of amides is 1. The second-order valence-electron chi connectivity index (χ2n) is 8.82. The van der Waals surface area contributed by atoms with E-state index in [9.17, 15) is 14.9 Å². The van der Waals surface area contributed by atoms with Gasteiger partial charge in [0.05, 0.1) is 40.5 Å². The quantitative estimate of drug-likeness (QED) is 0.224. The molecule has 0 aliphatic carbocycles. The Morgan fingerprint density at radius 3 is 2.12 bits per heavy atom. The van der Waals surface area contributed by atoms with Crippen LogP contribution in [0.5, 0.6) is 0 Å². The molecule has 9 heteroatoms. The number of allylic oxidation sites excluding steroid dienone is 2. The molecule has 0 aromatic heterocycles. The number of anilines is 2. The molecule has 1 heterocycles. The van der Waals surface area contributed by atoms with E-state index in [1.807, 2.05) is 60.7 Å². The van der Waals surface area contributed by atoms with Gasteiger partial charge in [0.2, 0.25) is 5.91 Å². The van der Waals surface area contributed by atoms with Gasteiger partial charge >= 0.3 is 5.97 Å². The predicted molar refractivity (Wildman–Crippen MR) is 158 cm³/mol. The van der Waals surface area contributed by atoms with Crippen LogP contribution in [0.3, 0.4) is 0 Å². The van der Waals surface area contributed by atoms with Gasteiger partial charge in [0.25, 0.3) is 0 Å². The number of nitriles is 1. The molecule has 0 saturated carbocycles. The number of methoxy groups -OCH3 is 1. The SMILES string of the molecule is COCCOC(=O)C1=C(C)NC(SCC(=O)N(c2ccccc2)c2ccccc2)=C(C#N)[C@H]1c1ccc(Cl)cc1. The Bertz CT molecular complexity index is 1410. The zero-order valence-corrected chi connectivity index (χ0v) is 23.7. The van der Waals surface area contributed by atoms with Crippen molar-refractivity contribution >= 4 is 46.6 Å². The van der Waals surface area contributed by atoms with Crippen LogP contribution in [0.1, 0.15) is 18.4 Å². The van der Waals surface area contributed by atoms with Gasteiger partial charge in [-0.3, -0.25) is 9.69 Å². The van der Waals surface area contributed by atoms with Gasteiger partial charge in [0, 0.05) is 29.2 Å². The van der Waals surface area contributed by atoms with Crippen LogP contribution < -0.4 is 10.2 Å². The number of rotatable bonds is 10. The monoisotopic (exact) mass is 573 g/mol. The molecule has 7 nitrogen and oxygen atoms in total. The number of nitrogens with zero attached hydrogens (tertiary/aromatic N) is 2. The van der Waals surface area contributed by atoms with Crippen molar-refractivity contribution in [2.75, 3.05) is 31.0 Å². The third kappa shape index (κ3) is 6.75. The standard InChI is InChI=1S/C31H28ClN3O4S/c1-21-28(31(37)39-18-17-38-2)29(22-13-15-23(32)16-14-22)26(19-33)30(34-21)40-20-27(36)35(24-9-5-3-6-10-24)25-11-7-4-8-12-25/h3-16,29,34H,17-18,20H2,1-2H3/t29-/m1/s1. The third-order valence-corrected chi connectivity index (χ3v) is 7.46. The van der Waals surface area contributed by atoms with Crippen LogP contribution in [0.2, 0.25) is 5.02 Å². The van der Waals surface area contributed by atoms with E-state index in [0.717, 1.165) is 11.4 Å². The third-order valence-electron chi connectivity index (χ3n) is 6.21. The summed E-state index contributed by atoms with van der Waals surface area (Å²) in [4.78, 5) is 28.5. The van der Waals surface area contributed by atoms with Gasteiger partial charge in [-0.25, -0.2) is 4.79 Å². The Labute approximate surface area is 243 Å². The number of esters is 1. The lowest BCUT2D eigenvalue weighted by atomic mass is 9.82. The van der Waals surface area contributed by atoms with E-state index < -0.39 is 11.9 Å². The highest BCUT2D eigenvalue weighted by Crippen LogP contribution is 2.41. The highest BCUT2D eigenvalue weighted by Gasteiger charge is 2.36. The zero-order chi connectivity index (χ0) is 28.5. The van der Waals surface area contributed by atoms with Crippen LogP contribution >= 0.6 is 23.4 Å². The number of benzene rings is 3. The lowest BCUT2D eigenvalue weighted by Crippen LogP contribution is -2.31. The normalized spacial score (nSPS) is 14.8. The number of thioether (sulfide) groups is 1. The number of carbonyl (C=O) groups excluding carboxylic acids is 2. The van der Waals surface area contributed by atoms with Crippen LogP contribution in [-0.4, -0.2) is 38.0 Å². The molecular formula is C31H28ClN3O4S. The highest BCUT2D eigenvalue weighted by molar-refractivity contribution is 8.03. The van der Waals surface area contributed by atoms with Crippen molar-refractivity contribution in [3.05, 3.63) is 117 Å². The van der Waals surface area contributed by atoms with Crippen LogP contribution in [0.25, 0.3) is 0 Å². The second-order valence-corrected chi connectivity index (χ2v) is 10.2. The highest BCUT2D eigenvalue weighted by atomic mass is 35.5. The lowest BCUT2D eigenvalue weighted by molar-refractivity contribution is -0.140. The largest absolute Gasteiger partial charge is 0.460 e. The maximum absolute atomic E-state index is 13.6. The topological polar surface area (TPSA) is 91.7 Å². The van der Waals surface area contributed by atoms with Crippen LogP contribution in [-0.2, 0) is 19.1 Å². The van der Waals surface area contributed by atoms with E-state index in [2.05, 4.69) is 11.4 Å². The predicted octanol–water partition coefficient (Wildman–Crippen LogP) is 6.32. The van der Waals surface area contributed by atoms with Gasteiger partial charge in [0.1, 0.15) is 6.61 Å². The maximum atomic E-state index is 13.6. The first-order valence-corrected chi connectivity index (χ1v) is 13.9. The molecule has 3 aromatic carbocycles. The summed E-state index contributed by atoms with van der Waals surface area (Å²) in [5.74, 6) is -1.36. The van der Waals surface area contributed by atoms with Crippen LogP contribution in [0.15, 0.2) is 107 Å². The van der Waals surface area contributed by atoms with Gasteiger partial charge in [-0.2, -0.15) is 5.26 Å². The fraction of sp³-hybridized carbons (Fsp3) is 0.194. The fourth-order valence-corrected chi connectivity index (χ4v) is 5.44. The molecule has 0 unspecified atom stereocenters. The molecule has 0 fully saturated rings. The average molecular weight is 574 g/mol. The van der Waals surface area contributed by atoms with E-state index in [1.54, 1.807) is 36.1 Å². The van der Waals surface area contributed by atoms with Gasteiger partial charge < -0.3 is 14.8 Å². The number of hydrogen-bond acceptors (Lipinski definition) is 7. The minimum absolute atomic E-state index is 0.0472. The average Bonchev–Trinajstić information content (AvgIpc) is 2.97. The number of halogens is 1. The summed E-state index contributed by atoms with van der Waals surface area (Å²) in [6.45, 7) is 2.09. The van der Waals surface area contributed by atoms with Gasteiger partial charge in [-0.05, 0) is 48.9 Å². The first kappa shape index (κ1) is 29.0. The Kier molecular flexibility index (Phi) is 10.0. The van der Waals surface area contributed by atoms with Gasteiger partial charge in [0.15, 0.2) is 0 Å². The molecule has 40 heavy (non-hydrogen) atoms. The van der Waals surface area contributed by atoms with E-state index in [-0.39, 0.29) is 24.9 Å². The number of para-hydroxylation sites is 2. The molecule has 0 spiro atoms. The Morgan fingerprint density at radius 2 is 1.57 bits per heavy atom. The molecule has 4 rings (SSSR count). The van der Waals surface area contributed by atoms with Gasteiger partial charge in [-0.15, -0.1) is 0 Å². The summed E-state index contributed by atoms with van der Waals surface area (Å²) in [5.41, 5.74) is 3.36. The molecule has 1 aliphatic rings. The summed E-state index contributed by atoms with van der Waals surface area (Å²) in [5, 5.41) is 14.5. The Morgan fingerprint density at radius 1 is 0.975 bits per heavy atom. The number of hydrogen-bond donors (Lipinski definition) is 1. The first-order chi connectivity index (χ1) is 19.4. The number of ether oxygens (including phenoxy) is 2. The van der Waals surface area contributed by atoms with Crippen molar-refractivity contribution in [2.45, 2.75) is 12.8 Å². The summed E-state index contributed by atoms with van der Waals surface area (Å²) in [6, 6.07) is 28.1. The number of nitrogens with one attached hydrogen (secondary N) is 1. The molecule has 1 atom stereocenters. The van der Waals surface area contributed by atoms with Crippen molar-refractivity contribution < 1.29 is 19.1 Å². The molecule has 0 bridgehead atoms. The van der Waals surface area contributed by atoms with E-state index >= 15 is 0 Å². The summed E-state index contributed by atoms with van der Waals surface area (Å²) >= 11 is 7.34. The Hall–Kier alpha value is -4.03. The summed E-state index contributed by atoms with van der Waals surface area (Å²) in [7, 11) is 1.52. The van der Waals surface area contributed by atoms with Crippen molar-refractivity contribution in [1.29, 1.82) is 5.26 Å². The second kappa shape index (κ2) is 13.9. The Balaban J connectivity index is 1.66. The number of dihydropyridines is 1. The van der Waals surface area contributed by atoms with Crippen molar-refractivity contribution in [1.82, 2.24) is 5.32 Å². The lowest BCUT2D eigenvalue weighted by Gasteiger charge is -2.30. The molecule has 1 N–H and O–H groups in total. The van der Waals surface area contributed by atoms with Crippen LogP contribution in [0.4, 0.5) is 11.4 Å². The van der Waals surface area contributed by atoms with Crippen LogP contribution in [0, 0.1) is 11.3 Å². The molecule has 3 aromatic rings. The molecule has 0 saturated heterocycles. The molecule has 0 radical (unpaired) electrons. The minimum Gasteiger partial charge on any atom is -0.460 e.